The van der Waals surface area contributed by atoms with Gasteiger partial charge in [-0.3, -0.25) is 9.67 Å². The van der Waals surface area contributed by atoms with E-state index in [2.05, 4.69) is 10.1 Å². The molecule has 1 aliphatic heterocycles. The molecule has 7 heteroatoms. The fourth-order valence-electron chi connectivity index (χ4n) is 2.79. The van der Waals surface area contributed by atoms with Gasteiger partial charge in [0, 0.05) is 31.3 Å². The van der Waals surface area contributed by atoms with Gasteiger partial charge >= 0.3 is 0 Å². The van der Waals surface area contributed by atoms with Gasteiger partial charge in [-0.15, -0.1) is 0 Å². The standard InChI is InChI=1S/C17H20N4O2S/c1-12-5-6-14(7-16(12)24(4,22)23)17-13(2)9-21(11-18-17)15-8-19-20(3)10-15/h5-10H,11H2,1-4H3. The number of anilines is 1. The highest BCUT2D eigenvalue weighted by molar-refractivity contribution is 7.90. The molecule has 0 N–H and O–H groups in total. The zero-order valence-electron chi connectivity index (χ0n) is 14.2. The van der Waals surface area contributed by atoms with Gasteiger partial charge in [0.2, 0.25) is 0 Å². The number of nitrogens with zero attached hydrogens (tertiary/aromatic N) is 4. The molecule has 0 unspecified atom stereocenters. The molecule has 0 atom stereocenters. The zero-order valence-corrected chi connectivity index (χ0v) is 15.0. The summed E-state index contributed by atoms with van der Waals surface area (Å²) in [5, 5.41) is 4.17. The highest BCUT2D eigenvalue weighted by Crippen LogP contribution is 2.23. The van der Waals surface area contributed by atoms with Crippen molar-refractivity contribution < 1.29 is 8.42 Å². The van der Waals surface area contributed by atoms with Gasteiger partial charge in [0.05, 0.1) is 22.5 Å². The van der Waals surface area contributed by atoms with E-state index < -0.39 is 9.84 Å². The van der Waals surface area contributed by atoms with Crippen molar-refractivity contribution in [3.8, 4) is 0 Å². The number of aliphatic imine (C=N–C) groups is 1. The third-order valence-electron chi connectivity index (χ3n) is 3.99. The van der Waals surface area contributed by atoms with Gasteiger partial charge in [0.25, 0.3) is 0 Å². The Hall–Kier alpha value is -2.41. The van der Waals surface area contributed by atoms with Crippen LogP contribution in [0, 0.1) is 6.92 Å². The van der Waals surface area contributed by atoms with Crippen LogP contribution in [0.15, 0.2) is 52.3 Å². The highest BCUT2D eigenvalue weighted by Gasteiger charge is 2.18. The normalized spacial score (nSPS) is 15.2. The minimum atomic E-state index is -3.26. The van der Waals surface area contributed by atoms with Gasteiger partial charge in [0.1, 0.15) is 6.67 Å². The molecule has 0 saturated carbocycles. The molecule has 0 saturated heterocycles. The quantitative estimate of drug-likeness (QED) is 0.857. The first-order valence-corrected chi connectivity index (χ1v) is 9.44. The van der Waals surface area contributed by atoms with E-state index >= 15 is 0 Å². The van der Waals surface area contributed by atoms with Gasteiger partial charge in [-0.1, -0.05) is 12.1 Å². The molecule has 1 aromatic carbocycles. The fourth-order valence-corrected chi connectivity index (χ4v) is 3.78. The smallest absolute Gasteiger partial charge is 0.175 e. The summed E-state index contributed by atoms with van der Waals surface area (Å²) in [6, 6.07) is 5.45. The van der Waals surface area contributed by atoms with Gasteiger partial charge in [0.15, 0.2) is 9.84 Å². The molecule has 24 heavy (non-hydrogen) atoms. The molecule has 1 aliphatic rings. The maximum atomic E-state index is 11.9. The zero-order chi connectivity index (χ0) is 17.5. The van der Waals surface area contributed by atoms with E-state index in [9.17, 15) is 8.42 Å². The van der Waals surface area contributed by atoms with Crippen molar-refractivity contribution in [3.63, 3.8) is 0 Å². The average Bonchev–Trinajstić information content (AvgIpc) is 2.93. The van der Waals surface area contributed by atoms with E-state index in [1.807, 2.05) is 43.4 Å². The first-order chi connectivity index (χ1) is 11.3. The molecule has 0 bridgehead atoms. The lowest BCUT2D eigenvalue weighted by Gasteiger charge is -2.23. The third-order valence-corrected chi connectivity index (χ3v) is 5.23. The maximum absolute atomic E-state index is 11.9. The Kier molecular flexibility index (Phi) is 4.04. The Morgan fingerprint density at radius 3 is 2.54 bits per heavy atom. The molecule has 3 rings (SSSR count). The Morgan fingerprint density at radius 1 is 1.21 bits per heavy atom. The van der Waals surface area contributed by atoms with E-state index in [0.717, 1.165) is 28.1 Å². The molecule has 0 amide bonds. The second-order valence-electron chi connectivity index (χ2n) is 6.05. The van der Waals surface area contributed by atoms with Crippen LogP contribution in [0.4, 0.5) is 5.69 Å². The van der Waals surface area contributed by atoms with E-state index in [1.54, 1.807) is 23.9 Å². The number of rotatable bonds is 3. The lowest BCUT2D eigenvalue weighted by Crippen LogP contribution is -2.24. The SMILES string of the molecule is CC1=CN(c2cnn(C)c2)CN=C1c1ccc(C)c(S(C)(=O)=O)c1. The van der Waals surface area contributed by atoms with Crippen molar-refractivity contribution in [1.29, 1.82) is 0 Å². The summed E-state index contributed by atoms with van der Waals surface area (Å²) in [4.78, 5) is 7.01. The number of hydrogen-bond donors (Lipinski definition) is 0. The van der Waals surface area contributed by atoms with Gasteiger partial charge in [-0.05, 0) is 31.1 Å². The number of benzene rings is 1. The van der Waals surface area contributed by atoms with Gasteiger partial charge in [-0.25, -0.2) is 8.42 Å². The lowest BCUT2D eigenvalue weighted by molar-refractivity contribution is 0.601. The molecule has 0 aliphatic carbocycles. The van der Waals surface area contributed by atoms with Crippen LogP contribution < -0.4 is 4.90 Å². The van der Waals surface area contributed by atoms with E-state index in [4.69, 9.17) is 0 Å². The predicted octanol–water partition coefficient (Wildman–Crippen LogP) is 2.30. The molecule has 1 aromatic heterocycles. The van der Waals surface area contributed by atoms with Gasteiger partial charge in [-0.2, -0.15) is 5.10 Å². The van der Waals surface area contributed by atoms with Crippen LogP contribution in [0.5, 0.6) is 0 Å². The van der Waals surface area contributed by atoms with Crippen LogP contribution in [-0.2, 0) is 16.9 Å². The highest BCUT2D eigenvalue weighted by atomic mass is 32.2. The minimum Gasteiger partial charge on any atom is -0.325 e. The minimum absolute atomic E-state index is 0.352. The van der Waals surface area contributed by atoms with Crippen molar-refractivity contribution in [2.75, 3.05) is 17.8 Å². The Balaban J connectivity index is 1.95. The Labute approximate surface area is 142 Å². The summed E-state index contributed by atoms with van der Waals surface area (Å²) in [7, 11) is -1.39. The topological polar surface area (TPSA) is 67.6 Å². The Morgan fingerprint density at radius 2 is 1.96 bits per heavy atom. The first kappa shape index (κ1) is 16.4. The average molecular weight is 344 g/mol. The van der Waals surface area contributed by atoms with Crippen molar-refractivity contribution in [1.82, 2.24) is 9.78 Å². The summed E-state index contributed by atoms with van der Waals surface area (Å²) < 4.78 is 25.6. The molecule has 0 spiro atoms. The number of sulfone groups is 1. The van der Waals surface area contributed by atoms with E-state index in [0.29, 0.717) is 11.6 Å². The largest absolute Gasteiger partial charge is 0.325 e. The van der Waals surface area contributed by atoms with Gasteiger partial charge < -0.3 is 4.90 Å². The molecule has 2 aromatic rings. The second kappa shape index (κ2) is 5.90. The van der Waals surface area contributed by atoms with Crippen molar-refractivity contribution in [2.24, 2.45) is 12.0 Å². The van der Waals surface area contributed by atoms with E-state index in [-0.39, 0.29) is 0 Å². The number of allylic oxidation sites excluding steroid dienone is 1. The van der Waals surface area contributed by atoms with Crippen LogP contribution in [0.3, 0.4) is 0 Å². The number of aryl methyl sites for hydroxylation is 2. The fraction of sp³-hybridized carbons (Fsp3) is 0.294. The second-order valence-corrected chi connectivity index (χ2v) is 8.04. The summed E-state index contributed by atoms with van der Waals surface area (Å²) in [6.45, 7) is 4.25. The van der Waals surface area contributed by atoms with Crippen LogP contribution in [-0.4, -0.2) is 36.8 Å². The van der Waals surface area contributed by atoms with Crippen LogP contribution >= 0.6 is 0 Å². The number of aromatic nitrogens is 2. The van der Waals surface area contributed by atoms with Crippen LogP contribution in [0.2, 0.25) is 0 Å². The molecular formula is C17H20N4O2S. The summed E-state index contributed by atoms with van der Waals surface area (Å²) >= 11 is 0. The molecule has 6 nitrogen and oxygen atoms in total. The van der Waals surface area contributed by atoms with Crippen molar-refractivity contribution in [2.45, 2.75) is 18.7 Å². The summed E-state index contributed by atoms with van der Waals surface area (Å²) in [5.74, 6) is 0. The van der Waals surface area contributed by atoms with Crippen LogP contribution in [0.25, 0.3) is 0 Å². The summed E-state index contributed by atoms with van der Waals surface area (Å²) in [5.41, 5.74) is 4.34. The molecular weight excluding hydrogens is 324 g/mol. The summed E-state index contributed by atoms with van der Waals surface area (Å²) in [6.07, 6.45) is 6.96. The van der Waals surface area contributed by atoms with Crippen molar-refractivity contribution in [3.05, 3.63) is 53.5 Å². The maximum Gasteiger partial charge on any atom is 0.175 e. The first-order valence-electron chi connectivity index (χ1n) is 7.55. The third kappa shape index (κ3) is 3.12. The molecule has 126 valence electrons. The Bertz CT molecular complexity index is 955. The van der Waals surface area contributed by atoms with E-state index in [1.165, 1.54) is 6.26 Å². The lowest BCUT2D eigenvalue weighted by atomic mass is 10.0. The molecule has 2 heterocycles. The molecule has 0 radical (unpaired) electrons. The van der Waals surface area contributed by atoms with Crippen molar-refractivity contribution >= 4 is 21.2 Å². The number of hydrogen-bond acceptors (Lipinski definition) is 5. The van der Waals surface area contributed by atoms with Crippen LogP contribution in [0.1, 0.15) is 18.1 Å². The monoisotopic (exact) mass is 344 g/mol. The molecule has 0 fully saturated rings. The predicted molar refractivity (Wildman–Crippen MR) is 95.1 cm³/mol.